The summed E-state index contributed by atoms with van der Waals surface area (Å²) in [6.45, 7) is 5.19. The van der Waals surface area contributed by atoms with Gasteiger partial charge in [-0.3, -0.25) is 0 Å². The maximum absolute atomic E-state index is 5.98. The number of hydrogen-bond acceptors (Lipinski definition) is 4. The summed E-state index contributed by atoms with van der Waals surface area (Å²) in [5.41, 5.74) is 0.800. The number of halogens is 2. The molecule has 0 aliphatic carbocycles. The fraction of sp³-hybridized carbons (Fsp3) is 0.429. The zero-order valence-electron chi connectivity index (χ0n) is 11.5. The van der Waals surface area contributed by atoms with Gasteiger partial charge in [-0.1, -0.05) is 35.3 Å². The van der Waals surface area contributed by atoms with Crippen LogP contribution in [0.4, 0.5) is 0 Å². The van der Waals surface area contributed by atoms with Crippen molar-refractivity contribution in [2.45, 2.75) is 32.7 Å². The molecule has 20 heavy (non-hydrogen) atoms. The van der Waals surface area contributed by atoms with E-state index in [-0.39, 0.29) is 0 Å². The lowest BCUT2D eigenvalue weighted by molar-refractivity contribution is 0.368. The molecule has 0 saturated heterocycles. The zero-order valence-corrected chi connectivity index (χ0v) is 13.0. The quantitative estimate of drug-likeness (QED) is 0.876. The van der Waals surface area contributed by atoms with Crippen molar-refractivity contribution in [1.29, 1.82) is 0 Å². The molecule has 0 radical (unpaired) electrons. The van der Waals surface area contributed by atoms with Crippen LogP contribution in [0, 0.1) is 0 Å². The molecule has 0 aliphatic rings. The van der Waals surface area contributed by atoms with Gasteiger partial charge in [0.1, 0.15) is 0 Å². The van der Waals surface area contributed by atoms with Crippen LogP contribution in [0.1, 0.15) is 26.2 Å². The second-order valence-electron chi connectivity index (χ2n) is 4.64. The lowest BCUT2D eigenvalue weighted by Gasteiger charge is -2.09. The number of nitrogens with zero attached hydrogens (tertiary/aromatic N) is 2. The second-order valence-corrected chi connectivity index (χ2v) is 5.45. The van der Waals surface area contributed by atoms with Crippen molar-refractivity contribution in [2.24, 2.45) is 0 Å². The molecule has 0 aliphatic heterocycles. The summed E-state index contributed by atoms with van der Waals surface area (Å²) in [7, 11) is 0. The molecule has 1 unspecified atom stereocenters. The molecule has 0 fully saturated rings. The smallest absolute Gasteiger partial charge is 0.227 e. The molecule has 2 aromatic rings. The number of aromatic nitrogens is 2. The standard InChI is InChI=1S/C14H17Cl2N3O/c1-3-17-9(2)4-7-13-18-14(19-20-13)10-5-6-11(15)12(16)8-10/h5-6,8-9,17H,3-4,7H2,1-2H3. The monoisotopic (exact) mass is 313 g/mol. The van der Waals surface area contributed by atoms with Gasteiger partial charge in [0.2, 0.25) is 11.7 Å². The average Bonchev–Trinajstić information content (AvgIpc) is 2.89. The van der Waals surface area contributed by atoms with Crippen LogP contribution in [0.3, 0.4) is 0 Å². The highest BCUT2D eigenvalue weighted by Crippen LogP contribution is 2.27. The molecule has 1 aromatic heterocycles. The highest BCUT2D eigenvalue weighted by Gasteiger charge is 2.11. The first-order valence-corrected chi connectivity index (χ1v) is 7.37. The fourth-order valence-electron chi connectivity index (χ4n) is 1.90. The number of rotatable bonds is 6. The Bertz CT molecular complexity index is 571. The largest absolute Gasteiger partial charge is 0.339 e. The van der Waals surface area contributed by atoms with E-state index in [1.807, 2.05) is 6.07 Å². The van der Waals surface area contributed by atoms with Crippen molar-refractivity contribution in [3.05, 3.63) is 34.1 Å². The molecule has 1 atom stereocenters. The topological polar surface area (TPSA) is 51.0 Å². The minimum Gasteiger partial charge on any atom is -0.339 e. The molecule has 4 nitrogen and oxygen atoms in total. The van der Waals surface area contributed by atoms with E-state index >= 15 is 0 Å². The molecule has 0 saturated carbocycles. The summed E-state index contributed by atoms with van der Waals surface area (Å²) < 4.78 is 5.25. The minimum atomic E-state index is 0.431. The van der Waals surface area contributed by atoms with E-state index in [1.54, 1.807) is 12.1 Å². The third-order valence-electron chi connectivity index (χ3n) is 2.99. The van der Waals surface area contributed by atoms with E-state index in [2.05, 4.69) is 29.3 Å². The number of aryl methyl sites for hydroxylation is 1. The van der Waals surface area contributed by atoms with Crippen LogP contribution in [-0.2, 0) is 6.42 Å². The Morgan fingerprint density at radius 3 is 2.80 bits per heavy atom. The van der Waals surface area contributed by atoms with Gasteiger partial charge in [-0.05, 0) is 38.1 Å². The van der Waals surface area contributed by atoms with Crippen LogP contribution in [-0.4, -0.2) is 22.7 Å². The molecule has 108 valence electrons. The predicted molar refractivity (Wildman–Crippen MR) is 81.2 cm³/mol. The van der Waals surface area contributed by atoms with Crippen molar-refractivity contribution < 1.29 is 4.52 Å². The molecule has 0 spiro atoms. The predicted octanol–water partition coefficient (Wildman–Crippen LogP) is 3.97. The number of hydrogen-bond donors (Lipinski definition) is 1. The molecular weight excluding hydrogens is 297 g/mol. The molecular formula is C14H17Cl2N3O. The van der Waals surface area contributed by atoms with E-state index in [9.17, 15) is 0 Å². The lowest BCUT2D eigenvalue weighted by Crippen LogP contribution is -2.25. The lowest BCUT2D eigenvalue weighted by atomic mass is 10.2. The van der Waals surface area contributed by atoms with Crippen molar-refractivity contribution in [1.82, 2.24) is 15.5 Å². The summed E-state index contributed by atoms with van der Waals surface area (Å²) in [6, 6.07) is 5.71. The van der Waals surface area contributed by atoms with Gasteiger partial charge in [0.15, 0.2) is 0 Å². The summed E-state index contributed by atoms with van der Waals surface area (Å²) >= 11 is 11.9. The Morgan fingerprint density at radius 2 is 2.10 bits per heavy atom. The first-order chi connectivity index (χ1) is 9.60. The third-order valence-corrected chi connectivity index (χ3v) is 3.73. The highest BCUT2D eigenvalue weighted by atomic mass is 35.5. The molecule has 0 bridgehead atoms. The molecule has 1 N–H and O–H groups in total. The summed E-state index contributed by atoms with van der Waals surface area (Å²) in [5, 5.41) is 8.31. The van der Waals surface area contributed by atoms with Gasteiger partial charge >= 0.3 is 0 Å². The van der Waals surface area contributed by atoms with E-state index in [0.717, 1.165) is 24.9 Å². The Morgan fingerprint density at radius 1 is 1.30 bits per heavy atom. The van der Waals surface area contributed by atoms with E-state index < -0.39 is 0 Å². The van der Waals surface area contributed by atoms with Gasteiger partial charge in [-0.2, -0.15) is 4.98 Å². The Hall–Kier alpha value is -1.10. The zero-order chi connectivity index (χ0) is 14.5. The average molecular weight is 314 g/mol. The van der Waals surface area contributed by atoms with Crippen molar-refractivity contribution in [2.75, 3.05) is 6.54 Å². The normalized spacial score (nSPS) is 12.6. The fourth-order valence-corrected chi connectivity index (χ4v) is 2.20. The van der Waals surface area contributed by atoms with Gasteiger partial charge in [0, 0.05) is 18.0 Å². The van der Waals surface area contributed by atoms with Crippen molar-refractivity contribution in [3.8, 4) is 11.4 Å². The summed E-state index contributed by atoms with van der Waals surface area (Å²) in [5.74, 6) is 1.17. The molecule has 1 aromatic carbocycles. The molecule has 1 heterocycles. The maximum atomic E-state index is 5.98. The Labute approximate surface area is 128 Å². The molecule has 6 heteroatoms. The minimum absolute atomic E-state index is 0.431. The van der Waals surface area contributed by atoms with E-state index in [0.29, 0.717) is 27.8 Å². The van der Waals surface area contributed by atoms with Crippen molar-refractivity contribution in [3.63, 3.8) is 0 Å². The molecule has 2 rings (SSSR count). The van der Waals surface area contributed by atoms with Crippen LogP contribution in [0.5, 0.6) is 0 Å². The summed E-state index contributed by atoms with van der Waals surface area (Å²) in [4.78, 5) is 4.38. The molecule has 0 amide bonds. The van der Waals surface area contributed by atoms with Crippen LogP contribution >= 0.6 is 23.2 Å². The second kappa shape index (κ2) is 7.07. The van der Waals surface area contributed by atoms with Gasteiger partial charge in [-0.15, -0.1) is 0 Å². The van der Waals surface area contributed by atoms with Crippen molar-refractivity contribution >= 4 is 23.2 Å². The SMILES string of the molecule is CCNC(C)CCc1nc(-c2ccc(Cl)c(Cl)c2)no1. The van der Waals surface area contributed by atoms with Crippen LogP contribution in [0.15, 0.2) is 22.7 Å². The Balaban J connectivity index is 2.03. The van der Waals surface area contributed by atoms with Gasteiger partial charge in [0.25, 0.3) is 0 Å². The van der Waals surface area contributed by atoms with Crippen LogP contribution in [0.2, 0.25) is 10.0 Å². The van der Waals surface area contributed by atoms with Crippen LogP contribution in [0.25, 0.3) is 11.4 Å². The van der Waals surface area contributed by atoms with E-state index in [1.165, 1.54) is 0 Å². The van der Waals surface area contributed by atoms with E-state index in [4.69, 9.17) is 27.7 Å². The Kier molecular flexibility index (Phi) is 5.40. The summed E-state index contributed by atoms with van der Waals surface area (Å²) in [6.07, 6.45) is 1.71. The first-order valence-electron chi connectivity index (χ1n) is 6.61. The van der Waals surface area contributed by atoms with Gasteiger partial charge in [0.05, 0.1) is 10.0 Å². The van der Waals surface area contributed by atoms with Gasteiger partial charge in [-0.25, -0.2) is 0 Å². The van der Waals surface area contributed by atoms with Crippen LogP contribution < -0.4 is 5.32 Å². The third kappa shape index (κ3) is 3.95. The maximum Gasteiger partial charge on any atom is 0.227 e. The number of benzene rings is 1. The number of nitrogens with one attached hydrogen (secondary N) is 1. The first kappa shape index (κ1) is 15.3. The van der Waals surface area contributed by atoms with Gasteiger partial charge < -0.3 is 9.84 Å². The highest BCUT2D eigenvalue weighted by molar-refractivity contribution is 6.42.